The Balaban J connectivity index is 1.64. The molecule has 2 fully saturated rings. The van der Waals surface area contributed by atoms with Gasteiger partial charge in [-0.1, -0.05) is 6.92 Å². The fourth-order valence-electron chi connectivity index (χ4n) is 3.92. The van der Waals surface area contributed by atoms with Crippen molar-refractivity contribution in [1.29, 1.82) is 0 Å². The molecule has 2 aliphatic heterocycles. The molecule has 0 aromatic carbocycles. The number of carbonyl (C=O) groups is 4. The zero-order chi connectivity index (χ0) is 22.1. The van der Waals surface area contributed by atoms with E-state index in [9.17, 15) is 19.2 Å². The number of nitrogens with zero attached hydrogens (tertiary/aromatic N) is 2. The van der Waals surface area contributed by atoms with Gasteiger partial charge in [-0.05, 0) is 39.5 Å². The molecule has 0 bridgehead atoms. The van der Waals surface area contributed by atoms with Crippen LogP contribution in [0.1, 0.15) is 59.3 Å². The predicted molar refractivity (Wildman–Crippen MR) is 107 cm³/mol. The highest BCUT2D eigenvalue weighted by atomic mass is 16.7. The Morgan fingerprint density at radius 2 is 1.63 bits per heavy atom. The lowest BCUT2D eigenvalue weighted by Gasteiger charge is -2.33. The first kappa shape index (κ1) is 24.0. The third kappa shape index (κ3) is 6.60. The van der Waals surface area contributed by atoms with Gasteiger partial charge < -0.3 is 24.0 Å². The average Bonchev–Trinajstić information content (AvgIpc) is 3.33. The molecule has 0 aromatic heterocycles. The monoisotopic (exact) mass is 426 g/mol. The summed E-state index contributed by atoms with van der Waals surface area (Å²) in [7, 11) is 0. The number of amides is 2. The number of esters is 1. The molecule has 0 spiro atoms. The van der Waals surface area contributed by atoms with Gasteiger partial charge in [0.1, 0.15) is 19.8 Å². The second-order valence-corrected chi connectivity index (χ2v) is 8.23. The molecule has 2 atom stereocenters. The van der Waals surface area contributed by atoms with Crippen molar-refractivity contribution in [2.75, 3.05) is 39.5 Å². The lowest BCUT2D eigenvalue weighted by molar-refractivity contribution is -0.158. The van der Waals surface area contributed by atoms with Crippen molar-refractivity contribution in [3.05, 3.63) is 0 Å². The molecule has 9 heteroatoms. The highest BCUT2D eigenvalue weighted by Crippen LogP contribution is 2.32. The first-order valence-electron chi connectivity index (χ1n) is 10.8. The molecule has 170 valence electrons. The molecule has 0 radical (unpaired) electrons. The number of carbonyl (C=O) groups excluding carboxylic acids is 4. The molecule has 30 heavy (non-hydrogen) atoms. The van der Waals surface area contributed by atoms with Gasteiger partial charge in [0.25, 0.3) is 0 Å². The smallest absolute Gasteiger partial charge is 0.462 e. The topological polar surface area (TPSA) is 102 Å². The Labute approximate surface area is 178 Å². The molecule has 2 unspecified atom stereocenters. The molecule has 0 N–H and O–H groups in total. The van der Waals surface area contributed by atoms with Gasteiger partial charge in [0.2, 0.25) is 11.8 Å². The summed E-state index contributed by atoms with van der Waals surface area (Å²) in [5.74, 6) is -0.162. The van der Waals surface area contributed by atoms with E-state index in [0.717, 1.165) is 19.4 Å². The van der Waals surface area contributed by atoms with Crippen molar-refractivity contribution < 1.29 is 33.4 Å². The molecular weight excluding hydrogens is 392 g/mol. The zero-order valence-corrected chi connectivity index (χ0v) is 18.3. The summed E-state index contributed by atoms with van der Waals surface area (Å²) in [5.41, 5.74) is -0.717. The Hall–Kier alpha value is -2.32. The van der Waals surface area contributed by atoms with Gasteiger partial charge in [-0.25, -0.2) is 4.79 Å². The fourth-order valence-corrected chi connectivity index (χ4v) is 3.92. The minimum Gasteiger partial charge on any atom is -0.462 e. The number of hydrogen-bond donors (Lipinski definition) is 0. The van der Waals surface area contributed by atoms with Crippen LogP contribution in [0.15, 0.2) is 0 Å². The van der Waals surface area contributed by atoms with E-state index in [1.54, 1.807) is 4.90 Å². The quantitative estimate of drug-likeness (QED) is 0.368. The maximum atomic E-state index is 12.6. The highest BCUT2D eigenvalue weighted by molar-refractivity contribution is 5.79. The second kappa shape index (κ2) is 11.2. The van der Waals surface area contributed by atoms with Crippen LogP contribution in [0.3, 0.4) is 0 Å². The third-order valence-electron chi connectivity index (χ3n) is 5.95. The predicted octanol–water partition coefficient (Wildman–Crippen LogP) is 2.12. The number of ether oxygens (including phenoxy) is 3. The van der Waals surface area contributed by atoms with E-state index in [4.69, 9.17) is 14.2 Å². The van der Waals surface area contributed by atoms with E-state index < -0.39 is 11.6 Å². The molecular formula is C21H34N2O7. The van der Waals surface area contributed by atoms with Gasteiger partial charge in [-0.3, -0.25) is 14.4 Å². The van der Waals surface area contributed by atoms with Crippen LogP contribution in [0.4, 0.5) is 4.79 Å². The maximum absolute atomic E-state index is 12.6. The summed E-state index contributed by atoms with van der Waals surface area (Å²) in [5, 5.41) is 0. The van der Waals surface area contributed by atoms with E-state index in [1.807, 2.05) is 25.7 Å². The van der Waals surface area contributed by atoms with Gasteiger partial charge in [-0.15, -0.1) is 0 Å². The van der Waals surface area contributed by atoms with Crippen LogP contribution in [-0.4, -0.2) is 79.2 Å². The highest BCUT2D eigenvalue weighted by Gasteiger charge is 2.37. The van der Waals surface area contributed by atoms with E-state index >= 15 is 0 Å². The van der Waals surface area contributed by atoms with Crippen LogP contribution in [0.5, 0.6) is 0 Å². The van der Waals surface area contributed by atoms with E-state index in [0.29, 0.717) is 38.8 Å². The molecule has 9 nitrogen and oxygen atoms in total. The van der Waals surface area contributed by atoms with Crippen LogP contribution in [0.25, 0.3) is 0 Å². The summed E-state index contributed by atoms with van der Waals surface area (Å²) in [6.45, 7) is 7.39. The van der Waals surface area contributed by atoms with Crippen molar-refractivity contribution in [2.45, 2.75) is 65.3 Å². The second-order valence-electron chi connectivity index (χ2n) is 8.23. The van der Waals surface area contributed by atoms with Gasteiger partial charge in [0, 0.05) is 32.0 Å². The van der Waals surface area contributed by atoms with Crippen LogP contribution in [-0.2, 0) is 28.6 Å². The lowest BCUT2D eigenvalue weighted by Crippen LogP contribution is -2.41. The van der Waals surface area contributed by atoms with Crippen LogP contribution >= 0.6 is 0 Å². The number of likely N-dealkylation sites (tertiary alicyclic amines) is 2. The number of hydrogen-bond acceptors (Lipinski definition) is 7. The normalized spacial score (nSPS) is 19.6. The summed E-state index contributed by atoms with van der Waals surface area (Å²) in [6.07, 6.45) is 3.05. The minimum atomic E-state index is -0.850. The Kier molecular flexibility index (Phi) is 8.92. The van der Waals surface area contributed by atoms with Gasteiger partial charge in [0.05, 0.1) is 12.0 Å². The average molecular weight is 427 g/mol. The zero-order valence-electron chi connectivity index (χ0n) is 18.3. The molecule has 0 saturated carbocycles. The van der Waals surface area contributed by atoms with Crippen molar-refractivity contribution >= 4 is 23.9 Å². The van der Waals surface area contributed by atoms with Crippen molar-refractivity contribution in [2.24, 2.45) is 5.41 Å². The van der Waals surface area contributed by atoms with Crippen LogP contribution < -0.4 is 0 Å². The molecule has 0 aliphatic carbocycles. The summed E-state index contributed by atoms with van der Waals surface area (Å²) < 4.78 is 15.2. The molecule has 2 rings (SSSR count). The molecule has 2 heterocycles. The standard InChI is InChI=1S/C21H34N2O7/c1-4-21(3,15-16(2)23-10-6-8-18(23)25)19(26)28-13-14-30-20(27)29-12-11-22-9-5-7-17(22)24/h16H,4-15H2,1-3H3. The molecule has 2 aliphatic rings. The van der Waals surface area contributed by atoms with Crippen LogP contribution in [0, 0.1) is 5.41 Å². The van der Waals surface area contributed by atoms with Crippen LogP contribution in [0.2, 0.25) is 0 Å². The fraction of sp³-hybridized carbons (Fsp3) is 0.810. The molecule has 2 saturated heterocycles. The summed E-state index contributed by atoms with van der Waals surface area (Å²) >= 11 is 0. The first-order chi connectivity index (χ1) is 14.3. The maximum Gasteiger partial charge on any atom is 0.508 e. The molecule has 2 amide bonds. The Bertz CT molecular complexity index is 639. The lowest BCUT2D eigenvalue weighted by atomic mass is 9.81. The van der Waals surface area contributed by atoms with Gasteiger partial charge in [-0.2, -0.15) is 0 Å². The summed E-state index contributed by atoms with van der Waals surface area (Å²) in [6, 6.07) is -0.0359. The largest absolute Gasteiger partial charge is 0.508 e. The Morgan fingerprint density at radius 3 is 2.23 bits per heavy atom. The SMILES string of the molecule is CCC(C)(CC(C)N1CCCC1=O)C(=O)OCCOC(=O)OCCN1CCCC1=O. The Morgan fingerprint density at radius 1 is 1.00 bits per heavy atom. The molecule has 0 aromatic rings. The van der Waals surface area contributed by atoms with E-state index in [-0.39, 0.29) is 43.6 Å². The third-order valence-corrected chi connectivity index (χ3v) is 5.95. The van der Waals surface area contributed by atoms with Crippen molar-refractivity contribution in [3.63, 3.8) is 0 Å². The van der Waals surface area contributed by atoms with E-state index in [1.165, 1.54) is 0 Å². The van der Waals surface area contributed by atoms with Crippen molar-refractivity contribution in [3.8, 4) is 0 Å². The minimum absolute atomic E-state index is 0.0359. The van der Waals surface area contributed by atoms with E-state index in [2.05, 4.69) is 0 Å². The summed E-state index contributed by atoms with van der Waals surface area (Å²) in [4.78, 5) is 51.1. The van der Waals surface area contributed by atoms with Gasteiger partial charge in [0.15, 0.2) is 0 Å². The first-order valence-corrected chi connectivity index (χ1v) is 10.8. The van der Waals surface area contributed by atoms with Gasteiger partial charge >= 0.3 is 12.1 Å². The van der Waals surface area contributed by atoms with Crippen molar-refractivity contribution in [1.82, 2.24) is 9.80 Å². The number of rotatable bonds is 11.